The zero-order chi connectivity index (χ0) is 22.5. The normalized spacial score (nSPS) is 16.2. The van der Waals surface area contributed by atoms with E-state index in [0.717, 1.165) is 66.6 Å². The molecule has 1 aliphatic rings. The van der Waals surface area contributed by atoms with Crippen LogP contribution in [0.15, 0.2) is 42.9 Å². The van der Waals surface area contributed by atoms with Crippen LogP contribution in [-0.4, -0.2) is 43.4 Å². The molecule has 7 heteroatoms. The van der Waals surface area contributed by atoms with Gasteiger partial charge in [-0.05, 0) is 50.5 Å². The summed E-state index contributed by atoms with van der Waals surface area (Å²) in [4.78, 5) is 28.5. The zero-order valence-electron chi connectivity index (χ0n) is 19.2. The number of nitrogens with zero attached hydrogens (tertiary/aromatic N) is 5. The van der Waals surface area contributed by atoms with Crippen molar-refractivity contribution >= 4 is 17.4 Å². The summed E-state index contributed by atoms with van der Waals surface area (Å²) in [5.74, 6) is 2.34. The number of aromatic nitrogens is 4. The SMILES string of the molecule is CCc1nccn1CCC(=O)N1CCC[C@H](c2cc(Nc3ncccc3C)cc(C)n2)C1. The smallest absolute Gasteiger partial charge is 0.224 e. The molecule has 1 fully saturated rings. The molecule has 0 unspecified atom stereocenters. The molecular formula is C25H32N6O. The van der Waals surface area contributed by atoms with Gasteiger partial charge >= 0.3 is 0 Å². The number of amides is 1. The molecule has 0 spiro atoms. The number of hydrogen-bond acceptors (Lipinski definition) is 5. The minimum atomic E-state index is 0.209. The second kappa shape index (κ2) is 9.94. The van der Waals surface area contributed by atoms with Crippen molar-refractivity contribution in [1.82, 2.24) is 24.4 Å². The fraction of sp³-hybridized carbons (Fsp3) is 0.440. The molecule has 4 heterocycles. The highest BCUT2D eigenvalue weighted by Crippen LogP contribution is 2.29. The fourth-order valence-corrected chi connectivity index (χ4v) is 4.41. The lowest BCUT2D eigenvalue weighted by Gasteiger charge is -2.33. The summed E-state index contributed by atoms with van der Waals surface area (Å²) in [6.07, 6.45) is 8.98. The number of carbonyl (C=O) groups is 1. The molecule has 0 aromatic carbocycles. The quantitative estimate of drug-likeness (QED) is 0.599. The number of carbonyl (C=O) groups excluding carboxylic acids is 1. The Morgan fingerprint density at radius 3 is 2.91 bits per heavy atom. The van der Waals surface area contributed by atoms with E-state index in [4.69, 9.17) is 4.98 Å². The van der Waals surface area contributed by atoms with Crippen LogP contribution in [0.1, 0.15) is 54.9 Å². The molecule has 0 saturated carbocycles. The van der Waals surface area contributed by atoms with Crippen LogP contribution >= 0.6 is 0 Å². The van der Waals surface area contributed by atoms with Crippen molar-refractivity contribution in [2.24, 2.45) is 0 Å². The molecule has 0 bridgehead atoms. The van der Waals surface area contributed by atoms with Gasteiger partial charge in [0.1, 0.15) is 11.6 Å². The third-order valence-corrected chi connectivity index (χ3v) is 6.12. The van der Waals surface area contributed by atoms with Crippen molar-refractivity contribution in [2.45, 2.75) is 58.9 Å². The second-order valence-corrected chi connectivity index (χ2v) is 8.54. The number of imidazole rings is 1. The number of aryl methyl sites for hydroxylation is 4. The highest BCUT2D eigenvalue weighted by molar-refractivity contribution is 5.76. The third-order valence-electron chi connectivity index (χ3n) is 6.12. The van der Waals surface area contributed by atoms with Gasteiger partial charge in [-0.2, -0.15) is 0 Å². The first kappa shape index (κ1) is 22.0. The third kappa shape index (κ3) is 5.15. The van der Waals surface area contributed by atoms with Crippen LogP contribution in [0.2, 0.25) is 0 Å². The van der Waals surface area contributed by atoms with E-state index in [-0.39, 0.29) is 11.8 Å². The Hall–Kier alpha value is -3.22. The maximum Gasteiger partial charge on any atom is 0.224 e. The molecule has 32 heavy (non-hydrogen) atoms. The van der Waals surface area contributed by atoms with E-state index in [1.54, 1.807) is 6.20 Å². The summed E-state index contributed by atoms with van der Waals surface area (Å²) in [5, 5.41) is 3.43. The van der Waals surface area contributed by atoms with Crippen molar-refractivity contribution in [2.75, 3.05) is 18.4 Å². The minimum absolute atomic E-state index is 0.209. The number of likely N-dealkylation sites (tertiary alicyclic amines) is 1. The standard InChI is InChI=1S/C25H32N6O/c1-4-23-26-11-14-30(23)13-9-24(32)31-12-6-8-20(17-31)22-16-21(15-19(3)28-22)29-25-18(2)7-5-10-27-25/h5,7,10-11,14-16,20H,4,6,8-9,12-13,17H2,1-3H3,(H,27,28,29)/t20-/m0/s1. The van der Waals surface area contributed by atoms with Gasteiger partial charge in [0, 0.05) is 74.1 Å². The highest BCUT2D eigenvalue weighted by Gasteiger charge is 2.26. The van der Waals surface area contributed by atoms with E-state index in [9.17, 15) is 4.79 Å². The average Bonchev–Trinajstić information content (AvgIpc) is 3.26. The Morgan fingerprint density at radius 2 is 2.09 bits per heavy atom. The maximum atomic E-state index is 12.9. The average molecular weight is 433 g/mol. The summed E-state index contributed by atoms with van der Waals surface area (Å²) in [6, 6.07) is 8.13. The largest absolute Gasteiger partial charge is 0.342 e. The molecule has 1 aliphatic heterocycles. The van der Waals surface area contributed by atoms with Gasteiger partial charge in [0.05, 0.1) is 0 Å². The molecule has 1 atom stereocenters. The number of pyridine rings is 2. The lowest BCUT2D eigenvalue weighted by Crippen LogP contribution is -2.39. The van der Waals surface area contributed by atoms with Crippen LogP contribution < -0.4 is 5.32 Å². The molecule has 3 aromatic heterocycles. The van der Waals surface area contributed by atoms with Gasteiger partial charge < -0.3 is 14.8 Å². The van der Waals surface area contributed by atoms with Gasteiger partial charge in [0.25, 0.3) is 0 Å². The summed E-state index contributed by atoms with van der Waals surface area (Å²) in [6.45, 7) is 8.38. The number of rotatable bonds is 7. The topological polar surface area (TPSA) is 75.9 Å². The number of anilines is 2. The zero-order valence-corrected chi connectivity index (χ0v) is 19.2. The van der Waals surface area contributed by atoms with E-state index in [1.807, 2.05) is 49.3 Å². The molecule has 4 rings (SSSR count). The number of hydrogen-bond donors (Lipinski definition) is 1. The van der Waals surface area contributed by atoms with Crippen LogP contribution in [0, 0.1) is 13.8 Å². The fourth-order valence-electron chi connectivity index (χ4n) is 4.41. The van der Waals surface area contributed by atoms with E-state index in [2.05, 4.69) is 32.8 Å². The Morgan fingerprint density at radius 1 is 1.22 bits per heavy atom. The van der Waals surface area contributed by atoms with Crippen molar-refractivity contribution < 1.29 is 4.79 Å². The van der Waals surface area contributed by atoms with Crippen molar-refractivity contribution in [3.63, 3.8) is 0 Å². The first-order valence-corrected chi connectivity index (χ1v) is 11.5. The Kier molecular flexibility index (Phi) is 6.83. The monoisotopic (exact) mass is 432 g/mol. The number of piperidine rings is 1. The number of nitrogens with one attached hydrogen (secondary N) is 1. The summed E-state index contributed by atoms with van der Waals surface area (Å²) in [5.41, 5.74) is 4.10. The van der Waals surface area contributed by atoms with Crippen molar-refractivity contribution in [3.05, 3.63) is 65.6 Å². The van der Waals surface area contributed by atoms with Crippen LogP contribution in [0.5, 0.6) is 0 Å². The summed E-state index contributed by atoms with van der Waals surface area (Å²) < 4.78 is 2.08. The second-order valence-electron chi connectivity index (χ2n) is 8.54. The maximum absolute atomic E-state index is 12.9. The van der Waals surface area contributed by atoms with Gasteiger partial charge in [-0.1, -0.05) is 13.0 Å². The Bertz CT molecular complexity index is 1080. The molecule has 0 radical (unpaired) electrons. The van der Waals surface area contributed by atoms with Crippen LogP contribution in [0.3, 0.4) is 0 Å². The summed E-state index contributed by atoms with van der Waals surface area (Å²) >= 11 is 0. The molecule has 3 aromatic rings. The molecule has 1 saturated heterocycles. The Labute approximate surface area is 189 Å². The van der Waals surface area contributed by atoms with Gasteiger partial charge in [-0.25, -0.2) is 9.97 Å². The molecule has 7 nitrogen and oxygen atoms in total. The van der Waals surface area contributed by atoms with E-state index in [0.29, 0.717) is 13.0 Å². The lowest BCUT2D eigenvalue weighted by atomic mass is 9.93. The molecular weight excluding hydrogens is 400 g/mol. The highest BCUT2D eigenvalue weighted by atomic mass is 16.2. The van der Waals surface area contributed by atoms with E-state index >= 15 is 0 Å². The van der Waals surface area contributed by atoms with Crippen LogP contribution in [0.4, 0.5) is 11.5 Å². The molecule has 1 amide bonds. The minimum Gasteiger partial charge on any atom is -0.342 e. The van der Waals surface area contributed by atoms with Crippen LogP contribution in [-0.2, 0) is 17.8 Å². The van der Waals surface area contributed by atoms with Crippen LogP contribution in [0.25, 0.3) is 0 Å². The lowest BCUT2D eigenvalue weighted by molar-refractivity contribution is -0.132. The van der Waals surface area contributed by atoms with Gasteiger partial charge in [-0.3, -0.25) is 9.78 Å². The molecule has 0 aliphatic carbocycles. The predicted octanol–water partition coefficient (Wildman–Crippen LogP) is 4.39. The van der Waals surface area contributed by atoms with Gasteiger partial charge in [0.15, 0.2) is 0 Å². The predicted molar refractivity (Wildman–Crippen MR) is 126 cm³/mol. The van der Waals surface area contributed by atoms with Gasteiger partial charge in [-0.15, -0.1) is 0 Å². The Balaban J connectivity index is 1.43. The van der Waals surface area contributed by atoms with Crippen molar-refractivity contribution in [1.29, 1.82) is 0 Å². The van der Waals surface area contributed by atoms with Gasteiger partial charge in [0.2, 0.25) is 5.91 Å². The van der Waals surface area contributed by atoms with E-state index < -0.39 is 0 Å². The molecule has 168 valence electrons. The summed E-state index contributed by atoms with van der Waals surface area (Å²) in [7, 11) is 0. The van der Waals surface area contributed by atoms with E-state index in [1.165, 1.54) is 0 Å². The first-order chi connectivity index (χ1) is 15.5. The molecule has 1 N–H and O–H groups in total. The first-order valence-electron chi connectivity index (χ1n) is 11.5. The van der Waals surface area contributed by atoms with Crippen molar-refractivity contribution in [3.8, 4) is 0 Å².